The fourth-order valence-corrected chi connectivity index (χ4v) is 3.79. The molecular formula is C22H19BrIN3O2. The van der Waals surface area contributed by atoms with Gasteiger partial charge >= 0.3 is 0 Å². The molecule has 0 spiro atoms. The number of terminal acetylenes is 1. The van der Waals surface area contributed by atoms with Gasteiger partial charge in [0.2, 0.25) is 0 Å². The summed E-state index contributed by atoms with van der Waals surface area (Å²) < 4.78 is 8.63. The topological polar surface area (TPSA) is 56.5 Å². The van der Waals surface area contributed by atoms with E-state index in [9.17, 15) is 4.79 Å². The predicted octanol–water partition coefficient (Wildman–Crippen LogP) is 5.17. The second kappa shape index (κ2) is 9.55. The van der Waals surface area contributed by atoms with Crippen LogP contribution in [0.15, 0.2) is 50.8 Å². The van der Waals surface area contributed by atoms with Crippen molar-refractivity contribution >= 4 is 55.6 Å². The van der Waals surface area contributed by atoms with Crippen molar-refractivity contribution in [3.05, 3.63) is 66.2 Å². The third-order valence-electron chi connectivity index (χ3n) is 4.48. The van der Waals surface area contributed by atoms with Crippen LogP contribution in [0.4, 0.5) is 0 Å². The molecular weight excluding hydrogens is 545 g/mol. The first-order chi connectivity index (χ1) is 13.9. The van der Waals surface area contributed by atoms with Crippen LogP contribution in [0.1, 0.15) is 37.6 Å². The van der Waals surface area contributed by atoms with Crippen molar-refractivity contribution in [3.8, 4) is 18.1 Å². The molecule has 5 nitrogen and oxygen atoms in total. The van der Waals surface area contributed by atoms with Crippen molar-refractivity contribution in [2.75, 3.05) is 6.61 Å². The van der Waals surface area contributed by atoms with E-state index in [1.54, 1.807) is 12.3 Å². The Labute approximate surface area is 191 Å². The highest BCUT2D eigenvalue weighted by atomic mass is 127. The van der Waals surface area contributed by atoms with Crippen LogP contribution in [-0.4, -0.2) is 22.5 Å². The van der Waals surface area contributed by atoms with E-state index in [1.165, 1.54) is 4.68 Å². The number of benzene rings is 2. The van der Waals surface area contributed by atoms with E-state index in [4.69, 9.17) is 16.1 Å². The van der Waals surface area contributed by atoms with Crippen LogP contribution in [0.3, 0.4) is 0 Å². The largest absolute Gasteiger partial charge is 0.480 e. The lowest BCUT2D eigenvalue weighted by atomic mass is 10.1. The Hall–Kier alpha value is -2.18. The molecule has 1 aromatic heterocycles. The van der Waals surface area contributed by atoms with Crippen molar-refractivity contribution in [2.45, 2.75) is 26.2 Å². The van der Waals surface area contributed by atoms with Crippen LogP contribution < -0.4 is 10.3 Å². The number of aromatic nitrogens is 2. The van der Waals surface area contributed by atoms with Crippen LogP contribution in [-0.2, 0) is 0 Å². The van der Waals surface area contributed by atoms with Crippen LogP contribution in [0.2, 0.25) is 0 Å². The van der Waals surface area contributed by atoms with E-state index < -0.39 is 0 Å². The standard InChI is InChI=1S/C22H19BrIN3O2/c1-4-10-29-20-9-6-15(11-18(20)24)13-25-27-21(14(3)5-2)26-19-8-7-16(23)12-17(19)22(27)28/h1,6-9,11-14H,5,10H2,2-3H3/t14-/m1/s1. The Morgan fingerprint density at radius 2 is 2.17 bits per heavy atom. The monoisotopic (exact) mass is 563 g/mol. The maximum atomic E-state index is 13.1. The van der Waals surface area contributed by atoms with Crippen molar-refractivity contribution < 1.29 is 4.74 Å². The fourth-order valence-electron chi connectivity index (χ4n) is 2.74. The first-order valence-corrected chi connectivity index (χ1v) is 10.9. The molecule has 1 heterocycles. The summed E-state index contributed by atoms with van der Waals surface area (Å²) >= 11 is 5.61. The van der Waals surface area contributed by atoms with E-state index in [2.05, 4.69) is 56.5 Å². The molecule has 0 radical (unpaired) electrons. The molecule has 1 atom stereocenters. The van der Waals surface area contributed by atoms with Gasteiger partial charge in [0.25, 0.3) is 5.56 Å². The Morgan fingerprint density at radius 3 is 2.86 bits per heavy atom. The molecule has 0 aliphatic rings. The van der Waals surface area contributed by atoms with E-state index in [-0.39, 0.29) is 18.1 Å². The van der Waals surface area contributed by atoms with Gasteiger partial charge in [-0.3, -0.25) is 4.79 Å². The second-order valence-electron chi connectivity index (χ2n) is 6.48. The summed E-state index contributed by atoms with van der Waals surface area (Å²) in [5, 5.41) is 5.01. The normalized spacial score (nSPS) is 12.2. The van der Waals surface area contributed by atoms with E-state index in [1.807, 2.05) is 37.3 Å². The number of nitrogens with zero attached hydrogens (tertiary/aromatic N) is 3. The molecule has 3 aromatic rings. The molecule has 0 saturated carbocycles. The highest BCUT2D eigenvalue weighted by Crippen LogP contribution is 2.23. The molecule has 29 heavy (non-hydrogen) atoms. The van der Waals surface area contributed by atoms with E-state index in [0.717, 1.165) is 25.8 Å². The van der Waals surface area contributed by atoms with Gasteiger partial charge in [-0.2, -0.15) is 9.78 Å². The van der Waals surface area contributed by atoms with Crippen molar-refractivity contribution in [1.29, 1.82) is 0 Å². The summed E-state index contributed by atoms with van der Waals surface area (Å²) in [5.41, 5.74) is 1.33. The maximum Gasteiger partial charge on any atom is 0.282 e. The maximum absolute atomic E-state index is 13.1. The van der Waals surface area contributed by atoms with Gasteiger partial charge in [0.05, 0.1) is 20.7 Å². The number of hydrogen-bond donors (Lipinski definition) is 0. The molecule has 0 unspecified atom stereocenters. The Morgan fingerprint density at radius 1 is 1.38 bits per heavy atom. The SMILES string of the molecule is C#CCOc1ccc(C=Nn2c([C@H](C)CC)nc3ccc(Br)cc3c2=O)cc1I. The number of halogens is 2. The number of rotatable bonds is 6. The summed E-state index contributed by atoms with van der Waals surface area (Å²) in [6.45, 7) is 4.32. The summed E-state index contributed by atoms with van der Waals surface area (Å²) in [7, 11) is 0. The second-order valence-corrected chi connectivity index (χ2v) is 8.56. The van der Waals surface area contributed by atoms with Gasteiger partial charge in [-0.15, -0.1) is 6.42 Å². The summed E-state index contributed by atoms with van der Waals surface area (Å²) in [6.07, 6.45) is 7.75. The van der Waals surface area contributed by atoms with Gasteiger partial charge in [0, 0.05) is 10.4 Å². The Kier molecular flexibility index (Phi) is 7.09. The molecule has 148 valence electrons. The predicted molar refractivity (Wildman–Crippen MR) is 129 cm³/mol. The highest BCUT2D eigenvalue weighted by molar-refractivity contribution is 14.1. The molecule has 2 aromatic carbocycles. The first-order valence-electron chi connectivity index (χ1n) is 9.07. The quantitative estimate of drug-likeness (QED) is 0.236. The summed E-state index contributed by atoms with van der Waals surface area (Å²) in [5.74, 6) is 3.91. The molecule has 0 aliphatic heterocycles. The van der Waals surface area contributed by atoms with Gasteiger partial charge in [-0.25, -0.2) is 4.98 Å². The van der Waals surface area contributed by atoms with Crippen LogP contribution in [0.5, 0.6) is 5.75 Å². The van der Waals surface area contributed by atoms with Crippen molar-refractivity contribution in [3.63, 3.8) is 0 Å². The lowest BCUT2D eigenvalue weighted by Crippen LogP contribution is -2.23. The van der Waals surface area contributed by atoms with Crippen molar-refractivity contribution in [1.82, 2.24) is 9.66 Å². The Balaban J connectivity index is 2.06. The van der Waals surface area contributed by atoms with Crippen molar-refractivity contribution in [2.24, 2.45) is 5.10 Å². The minimum absolute atomic E-state index is 0.0903. The minimum Gasteiger partial charge on any atom is -0.480 e. The summed E-state index contributed by atoms with van der Waals surface area (Å²) in [4.78, 5) is 17.8. The molecule has 0 bridgehead atoms. The van der Waals surface area contributed by atoms with Gasteiger partial charge < -0.3 is 4.74 Å². The van der Waals surface area contributed by atoms with Crippen LogP contribution in [0, 0.1) is 15.9 Å². The molecule has 0 fully saturated rings. The van der Waals surface area contributed by atoms with E-state index in [0.29, 0.717) is 16.7 Å². The third-order valence-corrected chi connectivity index (χ3v) is 5.81. The smallest absolute Gasteiger partial charge is 0.282 e. The zero-order valence-corrected chi connectivity index (χ0v) is 19.8. The van der Waals surface area contributed by atoms with Gasteiger partial charge in [-0.05, 0) is 71.0 Å². The molecule has 0 saturated heterocycles. The third kappa shape index (κ3) is 4.87. The lowest BCUT2D eigenvalue weighted by molar-refractivity contribution is 0.368. The lowest BCUT2D eigenvalue weighted by Gasteiger charge is -2.14. The summed E-state index contributed by atoms with van der Waals surface area (Å²) in [6, 6.07) is 11.1. The number of ether oxygens (including phenoxy) is 1. The molecule has 0 aliphatic carbocycles. The van der Waals surface area contributed by atoms with Crippen LogP contribution >= 0.6 is 38.5 Å². The Bertz CT molecular complexity index is 1180. The average Bonchev–Trinajstić information content (AvgIpc) is 2.72. The highest BCUT2D eigenvalue weighted by Gasteiger charge is 2.15. The molecule has 7 heteroatoms. The van der Waals surface area contributed by atoms with Gasteiger partial charge in [0.15, 0.2) is 0 Å². The average molecular weight is 564 g/mol. The minimum atomic E-state index is -0.188. The zero-order valence-electron chi connectivity index (χ0n) is 16.0. The first kappa shape index (κ1) is 21.5. The fraction of sp³-hybridized carbons (Fsp3) is 0.227. The molecule has 3 rings (SSSR count). The zero-order chi connectivity index (χ0) is 21.0. The van der Waals surface area contributed by atoms with E-state index >= 15 is 0 Å². The molecule has 0 amide bonds. The van der Waals surface area contributed by atoms with Crippen LogP contribution in [0.25, 0.3) is 10.9 Å². The van der Waals surface area contributed by atoms with Gasteiger partial charge in [0.1, 0.15) is 18.2 Å². The molecule has 0 N–H and O–H groups in total. The van der Waals surface area contributed by atoms with Gasteiger partial charge in [-0.1, -0.05) is 35.7 Å². The number of fused-ring (bicyclic) bond motifs is 1. The number of hydrogen-bond acceptors (Lipinski definition) is 4.